The van der Waals surface area contributed by atoms with E-state index in [0.717, 1.165) is 0 Å². The minimum atomic E-state index is -0.783. The smallest absolute Gasteiger partial charge is 0.306 e. The van der Waals surface area contributed by atoms with Crippen LogP contribution in [0.3, 0.4) is 0 Å². The van der Waals surface area contributed by atoms with Gasteiger partial charge in [0.15, 0.2) is 0 Å². The number of aliphatic carboxylic acids is 1. The van der Waals surface area contributed by atoms with Gasteiger partial charge in [0.1, 0.15) is 0 Å². The highest BCUT2D eigenvalue weighted by Gasteiger charge is 2.33. The Bertz CT molecular complexity index is 696. The number of likely N-dealkylation sites (tertiary alicyclic amines) is 1. The van der Waals surface area contributed by atoms with Crippen molar-refractivity contribution in [2.45, 2.75) is 25.8 Å². The van der Waals surface area contributed by atoms with Crippen molar-refractivity contribution in [2.24, 2.45) is 5.92 Å². The van der Waals surface area contributed by atoms with Crippen LogP contribution < -0.4 is 0 Å². The van der Waals surface area contributed by atoms with E-state index in [4.69, 9.17) is 5.11 Å². The van der Waals surface area contributed by atoms with Gasteiger partial charge in [-0.3, -0.25) is 14.6 Å². The van der Waals surface area contributed by atoms with E-state index in [1.165, 1.54) is 6.20 Å². The van der Waals surface area contributed by atoms with E-state index in [9.17, 15) is 9.59 Å². The highest BCUT2D eigenvalue weighted by Crippen LogP contribution is 2.25. The first kappa shape index (κ1) is 13.5. The molecule has 1 aliphatic rings. The third-order valence-electron chi connectivity index (χ3n) is 4.04. The molecule has 0 bridgehead atoms. The summed E-state index contributed by atoms with van der Waals surface area (Å²) in [7, 11) is 0. The highest BCUT2D eigenvalue weighted by molar-refractivity contribution is 6.00. The van der Waals surface area contributed by atoms with Crippen LogP contribution in [0.2, 0.25) is 0 Å². The second-order valence-corrected chi connectivity index (χ2v) is 5.37. The van der Waals surface area contributed by atoms with Crippen LogP contribution >= 0.6 is 0 Å². The summed E-state index contributed by atoms with van der Waals surface area (Å²) in [5, 5.41) is 13.2. The number of hydrogen-bond acceptors (Lipinski definition) is 4. The number of rotatable bonds is 2. The molecular weight excluding hydrogens is 272 g/mol. The van der Waals surface area contributed by atoms with Crippen LogP contribution in [0.5, 0.6) is 0 Å². The van der Waals surface area contributed by atoms with E-state index in [2.05, 4.69) is 10.1 Å². The summed E-state index contributed by atoms with van der Waals surface area (Å²) < 4.78 is 1.61. The van der Waals surface area contributed by atoms with Crippen molar-refractivity contribution in [2.75, 3.05) is 6.54 Å². The van der Waals surface area contributed by atoms with Gasteiger partial charge in [0.2, 0.25) is 0 Å². The summed E-state index contributed by atoms with van der Waals surface area (Å²) in [6.45, 7) is 2.34. The second kappa shape index (κ2) is 5.16. The zero-order valence-corrected chi connectivity index (χ0v) is 11.6. The molecule has 110 valence electrons. The molecule has 1 amide bonds. The molecule has 2 atom stereocenters. The van der Waals surface area contributed by atoms with Gasteiger partial charge in [0, 0.05) is 25.0 Å². The molecule has 0 radical (unpaired) electrons. The molecule has 7 heteroatoms. The lowest BCUT2D eigenvalue weighted by atomic mass is 9.91. The lowest BCUT2D eigenvalue weighted by molar-refractivity contribution is -0.143. The van der Waals surface area contributed by atoms with Gasteiger partial charge in [-0.15, -0.1) is 0 Å². The maximum absolute atomic E-state index is 12.7. The third-order valence-corrected chi connectivity index (χ3v) is 4.04. The average Bonchev–Trinajstić information content (AvgIpc) is 2.90. The molecule has 21 heavy (non-hydrogen) atoms. The quantitative estimate of drug-likeness (QED) is 0.892. The van der Waals surface area contributed by atoms with Crippen molar-refractivity contribution in [3.8, 4) is 0 Å². The number of piperidine rings is 1. The molecule has 1 N–H and O–H groups in total. The first-order chi connectivity index (χ1) is 10.1. The Morgan fingerprint density at radius 3 is 2.90 bits per heavy atom. The van der Waals surface area contributed by atoms with Crippen LogP contribution in [0, 0.1) is 5.92 Å². The third kappa shape index (κ3) is 2.35. The van der Waals surface area contributed by atoms with Gasteiger partial charge in [0.25, 0.3) is 5.91 Å². The van der Waals surface area contributed by atoms with Gasteiger partial charge in [-0.25, -0.2) is 4.52 Å². The van der Waals surface area contributed by atoms with Gasteiger partial charge in [-0.1, -0.05) is 0 Å². The number of carbonyl (C=O) groups excluding carboxylic acids is 1. The van der Waals surface area contributed by atoms with Crippen LogP contribution in [-0.4, -0.2) is 49.1 Å². The van der Waals surface area contributed by atoms with Gasteiger partial charge >= 0.3 is 5.97 Å². The fourth-order valence-corrected chi connectivity index (χ4v) is 2.85. The number of carboxylic acids is 1. The van der Waals surface area contributed by atoms with E-state index < -0.39 is 5.97 Å². The Morgan fingerprint density at radius 1 is 1.38 bits per heavy atom. The molecule has 0 aliphatic carbocycles. The first-order valence-corrected chi connectivity index (χ1v) is 6.89. The van der Waals surface area contributed by atoms with Crippen molar-refractivity contribution < 1.29 is 14.7 Å². The molecule has 0 saturated carbocycles. The number of carbonyl (C=O) groups is 2. The summed E-state index contributed by atoms with van der Waals surface area (Å²) in [6, 6.07) is -0.0982. The summed E-state index contributed by atoms with van der Waals surface area (Å²) in [5.41, 5.74) is 1.17. The molecule has 7 nitrogen and oxygen atoms in total. The van der Waals surface area contributed by atoms with Crippen LogP contribution in [0.15, 0.2) is 24.8 Å². The minimum absolute atomic E-state index is 0.0982. The highest BCUT2D eigenvalue weighted by atomic mass is 16.4. The average molecular weight is 288 g/mol. The normalized spacial score (nSPS) is 22.4. The van der Waals surface area contributed by atoms with Crippen LogP contribution in [-0.2, 0) is 4.79 Å². The topological polar surface area (TPSA) is 87.8 Å². The van der Waals surface area contributed by atoms with Gasteiger partial charge < -0.3 is 10.0 Å². The van der Waals surface area contributed by atoms with E-state index >= 15 is 0 Å². The van der Waals surface area contributed by atoms with Crippen LogP contribution in [0.4, 0.5) is 0 Å². The monoisotopic (exact) mass is 288 g/mol. The van der Waals surface area contributed by atoms with E-state index in [1.54, 1.807) is 28.0 Å². The van der Waals surface area contributed by atoms with Crippen molar-refractivity contribution >= 4 is 17.4 Å². The Labute approximate surface area is 121 Å². The molecule has 3 rings (SSSR count). The zero-order chi connectivity index (χ0) is 15.0. The Kier molecular flexibility index (Phi) is 3.32. The molecule has 2 aromatic heterocycles. The van der Waals surface area contributed by atoms with Crippen molar-refractivity contribution in [1.82, 2.24) is 19.5 Å². The zero-order valence-electron chi connectivity index (χ0n) is 11.6. The first-order valence-electron chi connectivity index (χ1n) is 6.89. The predicted octanol–water partition coefficient (Wildman–Crippen LogP) is 1.05. The lowest BCUT2D eigenvalue weighted by Crippen LogP contribution is -2.46. The van der Waals surface area contributed by atoms with E-state index in [0.29, 0.717) is 30.5 Å². The van der Waals surface area contributed by atoms with Crippen molar-refractivity contribution in [3.63, 3.8) is 0 Å². The van der Waals surface area contributed by atoms with E-state index in [1.807, 2.05) is 6.92 Å². The Balaban J connectivity index is 1.84. The number of fused-ring (bicyclic) bond motifs is 1. The Hall–Kier alpha value is -2.44. The summed E-state index contributed by atoms with van der Waals surface area (Å²) >= 11 is 0. The van der Waals surface area contributed by atoms with E-state index in [-0.39, 0.29) is 17.9 Å². The summed E-state index contributed by atoms with van der Waals surface area (Å²) in [4.78, 5) is 29.5. The Morgan fingerprint density at radius 2 is 2.19 bits per heavy atom. The fourth-order valence-electron chi connectivity index (χ4n) is 2.85. The molecule has 2 unspecified atom stereocenters. The maximum atomic E-state index is 12.7. The number of aromatic nitrogens is 3. The summed E-state index contributed by atoms with van der Waals surface area (Å²) in [6.07, 6.45) is 7.41. The molecule has 1 fully saturated rings. The number of nitrogens with zero attached hydrogens (tertiary/aromatic N) is 4. The number of hydrogen-bond donors (Lipinski definition) is 1. The van der Waals surface area contributed by atoms with Gasteiger partial charge in [0.05, 0.1) is 29.4 Å². The molecular formula is C14H16N4O3. The van der Waals surface area contributed by atoms with Crippen LogP contribution in [0.25, 0.3) is 5.52 Å². The van der Waals surface area contributed by atoms with Crippen molar-refractivity contribution in [3.05, 3.63) is 30.4 Å². The van der Waals surface area contributed by atoms with Gasteiger partial charge in [-0.05, 0) is 19.8 Å². The van der Waals surface area contributed by atoms with Gasteiger partial charge in [-0.2, -0.15) is 5.10 Å². The molecule has 2 aromatic rings. The summed E-state index contributed by atoms with van der Waals surface area (Å²) in [5.74, 6) is -1.27. The fraction of sp³-hybridized carbons (Fsp3) is 0.429. The molecule has 1 saturated heterocycles. The number of carboxylic acid groups (broad SMARTS) is 1. The SMILES string of the molecule is CC1CC(C(=O)O)CCN1C(=O)c1cnn2ccncc12. The second-order valence-electron chi connectivity index (χ2n) is 5.37. The largest absolute Gasteiger partial charge is 0.481 e. The molecule has 1 aliphatic heterocycles. The minimum Gasteiger partial charge on any atom is -0.481 e. The predicted molar refractivity (Wildman–Crippen MR) is 73.8 cm³/mol. The maximum Gasteiger partial charge on any atom is 0.306 e. The van der Waals surface area contributed by atoms with Crippen LogP contribution in [0.1, 0.15) is 30.1 Å². The molecule has 3 heterocycles. The lowest BCUT2D eigenvalue weighted by Gasteiger charge is -2.36. The standard InChI is InChI=1S/C14H16N4O3/c1-9-6-10(14(20)21)2-4-17(9)13(19)11-7-16-18-5-3-15-8-12(11)18/h3,5,7-10H,2,4,6H2,1H3,(H,20,21). The van der Waals surface area contributed by atoms with Crippen molar-refractivity contribution in [1.29, 1.82) is 0 Å². The molecule has 0 spiro atoms. The number of amides is 1. The molecule has 0 aromatic carbocycles.